The fourth-order valence-electron chi connectivity index (χ4n) is 6.38. The van der Waals surface area contributed by atoms with Crippen LogP contribution in [0, 0.1) is 34.5 Å². The Kier molecular flexibility index (Phi) is 4.52. The summed E-state index contributed by atoms with van der Waals surface area (Å²) < 4.78 is 0. The largest absolute Gasteiger partial charge is 0.334 e. The number of nitriles is 1. The lowest BCUT2D eigenvalue weighted by atomic mass is 9.48. The molecule has 4 fully saturated rings. The van der Waals surface area contributed by atoms with Crippen LogP contribution in [0.15, 0.2) is 24.3 Å². The summed E-state index contributed by atoms with van der Waals surface area (Å²) >= 11 is 0. The van der Waals surface area contributed by atoms with E-state index in [9.17, 15) is 4.79 Å². The minimum Gasteiger partial charge on any atom is -0.334 e. The maximum absolute atomic E-state index is 12.6. The van der Waals surface area contributed by atoms with Crippen LogP contribution < -0.4 is 10.6 Å². The summed E-state index contributed by atoms with van der Waals surface area (Å²) in [6.07, 6.45) is 8.48. The summed E-state index contributed by atoms with van der Waals surface area (Å²) in [5.41, 5.74) is 1.72. The molecule has 0 unspecified atom stereocenters. The van der Waals surface area contributed by atoms with E-state index in [0.717, 1.165) is 17.8 Å². The van der Waals surface area contributed by atoms with E-state index in [2.05, 4.69) is 23.6 Å². The highest BCUT2D eigenvalue weighted by Crippen LogP contribution is 2.60. The number of amides is 1. The second-order valence-electron chi connectivity index (χ2n) is 9.23. The van der Waals surface area contributed by atoms with E-state index in [1.54, 1.807) is 18.2 Å². The molecule has 4 aliphatic rings. The molecular formula is C22H30N3O+. The number of carbonyl (C=O) groups is 1. The Morgan fingerprint density at radius 1 is 1.19 bits per heavy atom. The number of carbonyl (C=O) groups excluding carboxylic acids is 1. The molecule has 138 valence electrons. The molecule has 0 aliphatic heterocycles. The molecule has 1 aromatic rings. The van der Waals surface area contributed by atoms with Crippen LogP contribution in [0.4, 0.5) is 5.69 Å². The van der Waals surface area contributed by atoms with E-state index < -0.39 is 0 Å². The van der Waals surface area contributed by atoms with Gasteiger partial charge in [0.05, 0.1) is 17.7 Å². The first-order valence-corrected chi connectivity index (χ1v) is 10.1. The van der Waals surface area contributed by atoms with E-state index in [4.69, 9.17) is 5.26 Å². The van der Waals surface area contributed by atoms with Gasteiger partial charge in [0.15, 0.2) is 6.04 Å². The number of nitrogens with one attached hydrogen (secondary N) is 1. The van der Waals surface area contributed by atoms with Crippen molar-refractivity contribution in [2.24, 2.45) is 23.2 Å². The predicted molar refractivity (Wildman–Crippen MR) is 101 cm³/mol. The molecule has 0 heterocycles. The number of rotatable bonds is 5. The molecule has 3 N–H and O–H groups in total. The molecule has 2 atom stereocenters. The smallest absolute Gasteiger partial charge is 0.282 e. The normalized spacial score (nSPS) is 34.1. The number of benzene rings is 1. The van der Waals surface area contributed by atoms with Gasteiger partial charge in [-0.3, -0.25) is 4.79 Å². The second-order valence-corrected chi connectivity index (χ2v) is 9.23. The lowest BCUT2D eigenvalue weighted by molar-refractivity contribution is -0.718. The van der Waals surface area contributed by atoms with Crippen molar-refractivity contribution in [3.63, 3.8) is 0 Å². The minimum atomic E-state index is -0.122. The number of nitrogens with zero attached hydrogens (tertiary/aromatic N) is 1. The third-order valence-electron chi connectivity index (χ3n) is 7.30. The summed E-state index contributed by atoms with van der Waals surface area (Å²) in [6.45, 7) is 4.34. The highest BCUT2D eigenvalue weighted by atomic mass is 16.2. The Labute approximate surface area is 156 Å². The maximum atomic E-state index is 12.6. The monoisotopic (exact) mass is 352 g/mol. The fourth-order valence-corrected chi connectivity index (χ4v) is 6.38. The van der Waals surface area contributed by atoms with Crippen LogP contribution in [0.2, 0.25) is 0 Å². The molecular weight excluding hydrogens is 322 g/mol. The third-order valence-corrected chi connectivity index (χ3v) is 7.30. The SMILES string of the molecule is C[C@H]([NH2+][C@H](C)C(=O)Nc1cccc(C#N)c1)C12CC3CC(CC(C3)C1)C2. The topological polar surface area (TPSA) is 69.5 Å². The number of hydrogen-bond donors (Lipinski definition) is 2. The fraction of sp³-hybridized carbons (Fsp3) is 0.636. The van der Waals surface area contributed by atoms with Gasteiger partial charge in [-0.1, -0.05) is 6.07 Å². The van der Waals surface area contributed by atoms with Gasteiger partial charge in [-0.15, -0.1) is 0 Å². The summed E-state index contributed by atoms with van der Waals surface area (Å²) in [5, 5.41) is 14.3. The van der Waals surface area contributed by atoms with Gasteiger partial charge in [0.2, 0.25) is 0 Å². The quantitative estimate of drug-likeness (QED) is 0.855. The molecule has 1 aromatic carbocycles. The van der Waals surface area contributed by atoms with Crippen LogP contribution in [0.25, 0.3) is 0 Å². The molecule has 0 aromatic heterocycles. The summed E-state index contributed by atoms with van der Waals surface area (Å²) in [7, 11) is 0. The van der Waals surface area contributed by atoms with Crippen molar-refractivity contribution in [3.8, 4) is 6.07 Å². The van der Waals surface area contributed by atoms with Crippen molar-refractivity contribution < 1.29 is 10.1 Å². The second kappa shape index (κ2) is 6.70. The third kappa shape index (κ3) is 3.25. The van der Waals surface area contributed by atoms with Crippen molar-refractivity contribution in [3.05, 3.63) is 29.8 Å². The van der Waals surface area contributed by atoms with Gasteiger partial charge < -0.3 is 10.6 Å². The predicted octanol–water partition coefficient (Wildman–Crippen LogP) is 3.05. The molecule has 5 rings (SSSR count). The van der Waals surface area contributed by atoms with Crippen molar-refractivity contribution in [2.75, 3.05) is 5.32 Å². The van der Waals surface area contributed by atoms with Crippen LogP contribution in [-0.2, 0) is 4.79 Å². The van der Waals surface area contributed by atoms with Crippen LogP contribution >= 0.6 is 0 Å². The van der Waals surface area contributed by atoms with Gasteiger partial charge in [0.25, 0.3) is 5.91 Å². The highest BCUT2D eigenvalue weighted by Gasteiger charge is 2.54. The minimum absolute atomic E-state index is 0.0247. The first-order valence-electron chi connectivity index (χ1n) is 10.1. The first-order chi connectivity index (χ1) is 12.5. The van der Waals surface area contributed by atoms with Crippen molar-refractivity contribution in [1.29, 1.82) is 5.26 Å². The van der Waals surface area contributed by atoms with Crippen molar-refractivity contribution in [1.82, 2.24) is 0 Å². The van der Waals surface area contributed by atoms with Crippen LogP contribution in [0.1, 0.15) is 57.9 Å². The van der Waals surface area contributed by atoms with Crippen LogP contribution in [0.5, 0.6) is 0 Å². The van der Waals surface area contributed by atoms with E-state index in [1.807, 2.05) is 13.0 Å². The van der Waals surface area contributed by atoms with E-state index in [-0.39, 0.29) is 11.9 Å². The molecule has 0 radical (unpaired) electrons. The number of anilines is 1. The molecule has 0 spiro atoms. The lowest BCUT2D eigenvalue weighted by Crippen LogP contribution is -2.98. The number of nitrogens with two attached hydrogens (primary N) is 1. The van der Waals surface area contributed by atoms with Crippen LogP contribution in [0.3, 0.4) is 0 Å². The summed E-state index contributed by atoms with van der Waals surface area (Å²) in [5.74, 6) is 2.84. The molecule has 4 nitrogen and oxygen atoms in total. The highest BCUT2D eigenvalue weighted by molar-refractivity contribution is 5.93. The standard InChI is InChI=1S/C22H29N3O/c1-14(21(26)25-20-5-3-4-16(9-20)13-23)24-15(2)22-10-17-6-18(11-22)8-19(7-17)12-22/h3-5,9,14-15,17-19,24H,6-8,10-12H2,1-2H3,(H,25,26)/p+1/t14-,15+,17?,18?,19?,22?/m1/s1. The summed E-state index contributed by atoms with van der Waals surface area (Å²) in [6, 6.07) is 9.61. The molecule has 4 aliphatic carbocycles. The molecule has 4 heteroatoms. The molecule has 26 heavy (non-hydrogen) atoms. The Hall–Kier alpha value is -1.86. The first kappa shape index (κ1) is 17.5. The Morgan fingerprint density at radius 2 is 1.81 bits per heavy atom. The Morgan fingerprint density at radius 3 is 2.38 bits per heavy atom. The number of quaternary nitrogens is 1. The van der Waals surface area contributed by atoms with Gasteiger partial charge in [-0.25, -0.2) is 0 Å². The van der Waals surface area contributed by atoms with Crippen molar-refractivity contribution >= 4 is 11.6 Å². The van der Waals surface area contributed by atoms with Crippen molar-refractivity contribution in [2.45, 2.75) is 64.5 Å². The average Bonchev–Trinajstić information content (AvgIpc) is 2.60. The molecule has 4 bridgehead atoms. The molecule has 1 amide bonds. The van der Waals surface area contributed by atoms with Gasteiger partial charge in [0.1, 0.15) is 0 Å². The Bertz CT molecular complexity index is 700. The van der Waals surface area contributed by atoms with Crippen LogP contribution in [-0.4, -0.2) is 18.0 Å². The Balaban J connectivity index is 1.39. The van der Waals surface area contributed by atoms with Gasteiger partial charge in [-0.2, -0.15) is 5.26 Å². The zero-order valence-electron chi connectivity index (χ0n) is 15.9. The maximum Gasteiger partial charge on any atom is 0.282 e. The lowest BCUT2D eigenvalue weighted by Gasteiger charge is -2.58. The number of hydrogen-bond acceptors (Lipinski definition) is 2. The van der Waals surface area contributed by atoms with E-state index in [0.29, 0.717) is 22.7 Å². The summed E-state index contributed by atoms with van der Waals surface area (Å²) in [4.78, 5) is 12.6. The zero-order valence-corrected chi connectivity index (χ0v) is 15.9. The van der Waals surface area contributed by atoms with E-state index >= 15 is 0 Å². The molecule has 0 saturated heterocycles. The van der Waals surface area contributed by atoms with Gasteiger partial charge >= 0.3 is 0 Å². The zero-order chi connectivity index (χ0) is 18.3. The van der Waals surface area contributed by atoms with E-state index in [1.165, 1.54) is 38.5 Å². The van der Waals surface area contributed by atoms with Gasteiger partial charge in [0, 0.05) is 11.1 Å². The molecule has 4 saturated carbocycles. The van der Waals surface area contributed by atoms with Gasteiger partial charge in [-0.05, 0) is 88.3 Å². The average molecular weight is 353 g/mol.